The first-order chi connectivity index (χ1) is 6.01. The fourth-order valence-electron chi connectivity index (χ4n) is 2.03. The van der Waals surface area contributed by atoms with E-state index in [2.05, 4.69) is 0 Å². The van der Waals surface area contributed by atoms with Gasteiger partial charge in [0.15, 0.2) is 0 Å². The van der Waals surface area contributed by atoms with Crippen LogP contribution < -0.4 is 0 Å². The molecule has 0 aromatic heterocycles. The monoisotopic (exact) mass is 187 g/mol. The largest absolute Gasteiger partial charge is 0.465 e. The van der Waals surface area contributed by atoms with Crippen LogP contribution in [0.3, 0.4) is 0 Å². The molecule has 2 N–H and O–H groups in total. The topological polar surface area (TPSA) is 60.8 Å². The molecule has 0 spiro atoms. The Morgan fingerprint density at radius 3 is 2.69 bits per heavy atom. The van der Waals surface area contributed by atoms with Crippen LogP contribution in [0.5, 0.6) is 0 Å². The Morgan fingerprint density at radius 1 is 1.69 bits per heavy atom. The lowest BCUT2D eigenvalue weighted by molar-refractivity contribution is 0.00440. The van der Waals surface area contributed by atoms with Crippen molar-refractivity contribution in [3.63, 3.8) is 0 Å². The minimum atomic E-state index is -0.931. The molecule has 1 fully saturated rings. The Morgan fingerprint density at radius 2 is 2.31 bits per heavy atom. The molecule has 1 saturated heterocycles. The van der Waals surface area contributed by atoms with E-state index in [1.54, 1.807) is 6.92 Å². The van der Waals surface area contributed by atoms with Crippen molar-refractivity contribution in [2.45, 2.75) is 44.8 Å². The fourth-order valence-corrected chi connectivity index (χ4v) is 2.03. The minimum Gasteiger partial charge on any atom is -0.465 e. The fraction of sp³-hybridized carbons (Fsp3) is 0.889. The third-order valence-corrected chi connectivity index (χ3v) is 2.96. The van der Waals surface area contributed by atoms with Crippen molar-refractivity contribution in [2.75, 3.05) is 6.54 Å². The molecule has 0 aromatic carbocycles. The van der Waals surface area contributed by atoms with Gasteiger partial charge in [-0.05, 0) is 19.8 Å². The van der Waals surface area contributed by atoms with Crippen molar-refractivity contribution in [1.29, 1.82) is 0 Å². The summed E-state index contributed by atoms with van der Waals surface area (Å²) in [6, 6.07) is -0.273. The molecule has 1 heterocycles. The van der Waals surface area contributed by atoms with Gasteiger partial charge in [-0.25, -0.2) is 4.79 Å². The van der Waals surface area contributed by atoms with Crippen LogP contribution in [0.25, 0.3) is 0 Å². The second-order valence-corrected chi connectivity index (χ2v) is 3.76. The molecule has 0 saturated carbocycles. The SMILES string of the molecule is CCC[C@]1(O)CCN(C(=O)O)[C@H]1C. The smallest absolute Gasteiger partial charge is 0.407 e. The zero-order valence-corrected chi connectivity index (χ0v) is 8.16. The third kappa shape index (κ3) is 1.77. The van der Waals surface area contributed by atoms with Gasteiger partial charge >= 0.3 is 6.09 Å². The van der Waals surface area contributed by atoms with Crippen LogP contribution in [-0.2, 0) is 0 Å². The molecule has 1 aliphatic heterocycles. The number of likely N-dealkylation sites (tertiary alicyclic amines) is 1. The lowest BCUT2D eigenvalue weighted by Crippen LogP contribution is -2.44. The maximum absolute atomic E-state index is 10.7. The minimum absolute atomic E-state index is 0.273. The van der Waals surface area contributed by atoms with Gasteiger partial charge in [-0.2, -0.15) is 0 Å². The quantitative estimate of drug-likeness (QED) is 0.684. The molecule has 0 aliphatic carbocycles. The molecule has 2 atom stereocenters. The Kier molecular flexibility index (Phi) is 2.81. The molecule has 13 heavy (non-hydrogen) atoms. The summed E-state index contributed by atoms with van der Waals surface area (Å²) >= 11 is 0. The number of amides is 1. The molecule has 4 nitrogen and oxygen atoms in total. The van der Waals surface area contributed by atoms with Crippen LogP contribution in [0.1, 0.15) is 33.1 Å². The van der Waals surface area contributed by atoms with E-state index in [9.17, 15) is 9.90 Å². The second-order valence-electron chi connectivity index (χ2n) is 3.76. The van der Waals surface area contributed by atoms with E-state index in [0.717, 1.165) is 6.42 Å². The summed E-state index contributed by atoms with van der Waals surface area (Å²) < 4.78 is 0. The maximum Gasteiger partial charge on any atom is 0.407 e. The average Bonchev–Trinajstić information content (AvgIpc) is 2.30. The summed E-state index contributed by atoms with van der Waals surface area (Å²) in [6.45, 7) is 4.22. The van der Waals surface area contributed by atoms with Crippen molar-refractivity contribution < 1.29 is 15.0 Å². The number of hydrogen-bond donors (Lipinski definition) is 2. The third-order valence-electron chi connectivity index (χ3n) is 2.96. The lowest BCUT2D eigenvalue weighted by Gasteiger charge is -2.29. The molecule has 0 radical (unpaired) electrons. The second kappa shape index (κ2) is 3.54. The highest BCUT2D eigenvalue weighted by Crippen LogP contribution is 2.32. The van der Waals surface area contributed by atoms with Gasteiger partial charge in [0.2, 0.25) is 0 Å². The van der Waals surface area contributed by atoms with Gasteiger partial charge in [-0.3, -0.25) is 0 Å². The van der Waals surface area contributed by atoms with E-state index in [1.165, 1.54) is 4.90 Å². The first kappa shape index (κ1) is 10.3. The molecular weight excluding hydrogens is 170 g/mol. The summed E-state index contributed by atoms with van der Waals surface area (Å²) in [5.41, 5.74) is -0.798. The van der Waals surface area contributed by atoms with E-state index in [0.29, 0.717) is 19.4 Å². The highest BCUT2D eigenvalue weighted by Gasteiger charge is 2.44. The Balaban J connectivity index is 2.68. The van der Waals surface area contributed by atoms with Crippen LogP contribution in [0.4, 0.5) is 4.79 Å². The van der Waals surface area contributed by atoms with Crippen LogP contribution in [0.15, 0.2) is 0 Å². The summed E-state index contributed by atoms with van der Waals surface area (Å²) in [7, 11) is 0. The Bertz CT molecular complexity index is 207. The van der Waals surface area contributed by atoms with Crippen LogP contribution in [0.2, 0.25) is 0 Å². The molecule has 4 heteroatoms. The summed E-state index contributed by atoms with van der Waals surface area (Å²) in [5.74, 6) is 0. The Hall–Kier alpha value is -0.770. The van der Waals surface area contributed by atoms with Crippen molar-refractivity contribution in [2.24, 2.45) is 0 Å². The molecule has 1 amide bonds. The molecule has 0 unspecified atom stereocenters. The van der Waals surface area contributed by atoms with Gasteiger partial charge < -0.3 is 15.1 Å². The van der Waals surface area contributed by atoms with Crippen LogP contribution in [-0.4, -0.2) is 39.4 Å². The number of aliphatic hydroxyl groups is 1. The summed E-state index contributed by atoms with van der Waals surface area (Å²) in [5, 5.41) is 18.9. The zero-order chi connectivity index (χ0) is 10.1. The van der Waals surface area contributed by atoms with Gasteiger partial charge in [0, 0.05) is 6.54 Å². The van der Waals surface area contributed by atoms with Gasteiger partial charge in [-0.1, -0.05) is 13.3 Å². The predicted octanol–water partition coefficient (Wildman–Crippen LogP) is 1.29. The molecule has 1 aliphatic rings. The number of nitrogens with zero attached hydrogens (tertiary/aromatic N) is 1. The molecule has 76 valence electrons. The molecular formula is C9H17NO3. The maximum atomic E-state index is 10.7. The predicted molar refractivity (Wildman–Crippen MR) is 48.7 cm³/mol. The van der Waals surface area contributed by atoms with Crippen molar-refractivity contribution in [3.05, 3.63) is 0 Å². The van der Waals surface area contributed by atoms with E-state index >= 15 is 0 Å². The number of rotatable bonds is 2. The van der Waals surface area contributed by atoms with Crippen molar-refractivity contribution in [3.8, 4) is 0 Å². The first-order valence-corrected chi connectivity index (χ1v) is 4.73. The number of hydrogen-bond acceptors (Lipinski definition) is 2. The molecule has 1 rings (SSSR count). The van der Waals surface area contributed by atoms with Crippen molar-refractivity contribution >= 4 is 6.09 Å². The Labute approximate surface area is 78.2 Å². The number of carbonyl (C=O) groups is 1. The van der Waals surface area contributed by atoms with Crippen LogP contribution in [0, 0.1) is 0 Å². The van der Waals surface area contributed by atoms with Gasteiger partial charge in [0.05, 0.1) is 11.6 Å². The van der Waals surface area contributed by atoms with Crippen molar-refractivity contribution in [1.82, 2.24) is 4.90 Å². The van der Waals surface area contributed by atoms with Crippen LogP contribution >= 0.6 is 0 Å². The highest BCUT2D eigenvalue weighted by atomic mass is 16.4. The summed E-state index contributed by atoms with van der Waals surface area (Å²) in [6.07, 6.45) is 1.19. The number of carboxylic acid groups (broad SMARTS) is 1. The van der Waals surface area contributed by atoms with E-state index < -0.39 is 11.7 Å². The average molecular weight is 187 g/mol. The van der Waals surface area contributed by atoms with Gasteiger partial charge in [-0.15, -0.1) is 0 Å². The first-order valence-electron chi connectivity index (χ1n) is 4.73. The van der Waals surface area contributed by atoms with E-state index in [-0.39, 0.29) is 6.04 Å². The molecule has 0 aromatic rings. The lowest BCUT2D eigenvalue weighted by atomic mass is 9.91. The van der Waals surface area contributed by atoms with E-state index in [4.69, 9.17) is 5.11 Å². The highest BCUT2D eigenvalue weighted by molar-refractivity contribution is 5.66. The standard InChI is InChI=1S/C9H17NO3/c1-3-4-9(13)5-6-10(7(9)2)8(11)12/h7,13H,3-6H2,1-2H3,(H,11,12)/t7-,9-/m0/s1. The normalized spacial score (nSPS) is 33.8. The molecule has 0 bridgehead atoms. The summed E-state index contributed by atoms with van der Waals surface area (Å²) in [4.78, 5) is 12.0. The van der Waals surface area contributed by atoms with Gasteiger partial charge in [0.25, 0.3) is 0 Å². The zero-order valence-electron chi connectivity index (χ0n) is 8.16. The van der Waals surface area contributed by atoms with Gasteiger partial charge in [0.1, 0.15) is 0 Å². The van der Waals surface area contributed by atoms with E-state index in [1.807, 2.05) is 6.92 Å².